The van der Waals surface area contributed by atoms with Gasteiger partial charge in [-0.15, -0.1) is 0 Å². The Morgan fingerprint density at radius 3 is 0.978 bits per heavy atom. The Morgan fingerprint density at radius 1 is 0.444 bits per heavy atom. The largest absolute Gasteiger partial charge is 0.324 e. The quantitative estimate of drug-likeness (QED) is 0.199. The van der Waals surface area contributed by atoms with E-state index in [0.29, 0.717) is 45.9 Å². The molecule has 45 heavy (non-hydrogen) atoms. The topological polar surface area (TPSA) is 109 Å². The van der Waals surface area contributed by atoms with Crippen LogP contribution in [0.5, 0.6) is 0 Å². The van der Waals surface area contributed by atoms with Gasteiger partial charge >= 0.3 is 0 Å². The molecule has 2 aliphatic rings. The third kappa shape index (κ3) is 4.68. The average Bonchev–Trinajstić information content (AvgIpc) is 3.81. The summed E-state index contributed by atoms with van der Waals surface area (Å²) in [6, 6.07) is 33.7. The van der Waals surface area contributed by atoms with Crippen molar-refractivity contribution >= 4 is 54.4 Å². The summed E-state index contributed by atoms with van der Waals surface area (Å²) >= 11 is 0. The van der Waals surface area contributed by atoms with Crippen LogP contribution in [0.4, 0.5) is 0 Å². The van der Waals surface area contributed by atoms with Crippen molar-refractivity contribution in [2.24, 2.45) is 0 Å². The number of benzene rings is 4. The van der Waals surface area contributed by atoms with Crippen molar-refractivity contribution in [2.75, 3.05) is 0 Å². The van der Waals surface area contributed by atoms with Gasteiger partial charge in [0.25, 0.3) is 0 Å². The number of rotatable bonds is 2. The molecule has 0 radical (unpaired) electrons. The summed E-state index contributed by atoms with van der Waals surface area (Å²) in [5, 5.41) is 3.82. The molecule has 0 saturated heterocycles. The van der Waals surface area contributed by atoms with E-state index in [-0.39, 0.29) is 0 Å². The summed E-state index contributed by atoms with van der Waals surface area (Å²) in [7, 11) is 1.40. The molecule has 0 aliphatic carbocycles. The number of aromatic amines is 2. The Hall–Kier alpha value is -5.54. The Bertz CT molecular complexity index is 2090. The maximum absolute atomic E-state index is 5.02. The van der Waals surface area contributed by atoms with Crippen LogP contribution in [-0.4, -0.2) is 50.1 Å². The fraction of sp³-hybridized carbons (Fsp3) is 0.111. The van der Waals surface area contributed by atoms with Crippen LogP contribution in [0.15, 0.2) is 97.1 Å². The van der Waals surface area contributed by atoms with Gasteiger partial charge in [-0.1, -0.05) is 123 Å². The number of nitrogens with one attached hydrogen (secondary N) is 2. The highest BCUT2D eigenvalue weighted by Crippen LogP contribution is 2.36. The number of fused-ring (bicyclic) bond motifs is 20. The van der Waals surface area contributed by atoms with Gasteiger partial charge in [0.05, 0.1) is 0 Å². The van der Waals surface area contributed by atoms with Crippen LogP contribution in [0, 0.1) is 0 Å². The normalized spacial score (nSPS) is 11.7. The van der Waals surface area contributed by atoms with Crippen molar-refractivity contribution in [1.82, 2.24) is 39.9 Å². The van der Waals surface area contributed by atoms with Gasteiger partial charge in [-0.3, -0.25) is 0 Å². The van der Waals surface area contributed by atoms with Crippen molar-refractivity contribution in [2.45, 2.75) is 25.8 Å². The van der Waals surface area contributed by atoms with Gasteiger partial charge in [-0.25, -0.2) is 29.9 Å². The first-order chi connectivity index (χ1) is 22.2. The Balaban J connectivity index is 0.000000560. The highest BCUT2D eigenvalue weighted by Gasteiger charge is 2.21. The predicted molar refractivity (Wildman–Crippen MR) is 186 cm³/mol. The number of hydrogen-bond acceptors (Lipinski definition) is 6. The predicted octanol–water partition coefficient (Wildman–Crippen LogP) is 7.44. The summed E-state index contributed by atoms with van der Waals surface area (Å²) in [5.41, 5.74) is 6.45. The number of aromatic nitrogens is 8. The third-order valence-corrected chi connectivity index (χ3v) is 8.87. The van der Waals surface area contributed by atoms with Gasteiger partial charge in [0.15, 0.2) is 23.3 Å². The van der Waals surface area contributed by atoms with Crippen LogP contribution in [-0.2, 0) is 0 Å². The maximum Gasteiger partial charge on any atom is 0.164 e. The molecule has 0 fully saturated rings. The highest BCUT2D eigenvalue weighted by atomic mass is 28.1. The zero-order valence-corrected chi connectivity index (χ0v) is 27.0. The summed E-state index contributed by atoms with van der Waals surface area (Å²) in [6.45, 7) is 2.23. The minimum Gasteiger partial charge on any atom is -0.324 e. The summed E-state index contributed by atoms with van der Waals surface area (Å²) < 4.78 is 0. The molecular formula is C36H30N8Si. The minimum atomic E-state index is 0.597. The summed E-state index contributed by atoms with van der Waals surface area (Å²) in [6.07, 6.45) is 2.83. The molecule has 0 saturated carbocycles. The zero-order valence-electron chi connectivity index (χ0n) is 25.0. The molecule has 2 aliphatic heterocycles. The number of nitrogens with zero attached hydrogens (tertiary/aromatic N) is 6. The van der Waals surface area contributed by atoms with E-state index in [1.54, 1.807) is 0 Å². The van der Waals surface area contributed by atoms with Crippen molar-refractivity contribution in [3.63, 3.8) is 0 Å². The molecule has 218 valence electrons. The second kappa shape index (κ2) is 11.2. The molecule has 0 amide bonds. The zero-order chi connectivity index (χ0) is 30.3. The van der Waals surface area contributed by atoms with Crippen LogP contribution < -0.4 is 0 Å². The van der Waals surface area contributed by atoms with E-state index in [4.69, 9.17) is 29.9 Å². The molecule has 7 aromatic rings. The molecule has 8 nitrogen and oxygen atoms in total. The Morgan fingerprint density at radius 2 is 0.733 bits per heavy atom. The molecule has 0 spiro atoms. The lowest BCUT2D eigenvalue weighted by Gasteiger charge is -1.96. The molecular weight excluding hydrogens is 573 g/mol. The first kappa shape index (κ1) is 27.0. The van der Waals surface area contributed by atoms with E-state index in [9.17, 15) is 0 Å². The van der Waals surface area contributed by atoms with Gasteiger partial charge in [0.1, 0.15) is 22.6 Å². The van der Waals surface area contributed by atoms with Crippen molar-refractivity contribution < 1.29 is 0 Å². The van der Waals surface area contributed by atoms with E-state index in [1.807, 2.05) is 97.1 Å². The lowest BCUT2D eigenvalue weighted by atomic mass is 10.1. The van der Waals surface area contributed by atoms with Crippen LogP contribution in [0.25, 0.3) is 89.7 Å². The molecule has 5 heterocycles. The number of unbranched alkanes of at least 4 members (excludes halogenated alkanes) is 1. The first-order valence-electron chi connectivity index (χ1n) is 15.4. The van der Waals surface area contributed by atoms with E-state index < -0.39 is 0 Å². The van der Waals surface area contributed by atoms with E-state index in [2.05, 4.69) is 16.9 Å². The molecule has 2 N–H and O–H groups in total. The smallest absolute Gasteiger partial charge is 0.164 e. The van der Waals surface area contributed by atoms with E-state index in [0.717, 1.165) is 43.8 Å². The van der Waals surface area contributed by atoms with E-state index >= 15 is 0 Å². The average molecular weight is 603 g/mol. The minimum absolute atomic E-state index is 0.597. The Labute approximate surface area is 262 Å². The Kier molecular flexibility index (Phi) is 6.72. The van der Waals surface area contributed by atoms with Crippen molar-refractivity contribution in [3.05, 3.63) is 97.1 Å². The van der Waals surface area contributed by atoms with Gasteiger partial charge < -0.3 is 9.97 Å². The number of hydrogen-bond donors (Lipinski definition) is 2. The van der Waals surface area contributed by atoms with Crippen LogP contribution in [0.2, 0.25) is 6.04 Å². The lowest BCUT2D eigenvalue weighted by molar-refractivity contribution is 0.884. The molecule has 0 unspecified atom stereocenters. The molecule has 8 bridgehead atoms. The van der Waals surface area contributed by atoms with Crippen LogP contribution in [0.3, 0.4) is 0 Å². The van der Waals surface area contributed by atoms with Gasteiger partial charge in [-0.2, -0.15) is 0 Å². The standard InChI is InChI=1S/C32H18N8.C4H12Si/c1-2-10-18-17(9-1)25-33-26(18)38-28-21-13-5-6-14-22(21)30(35-28)40-32-24-16-8-7-15-23(24)31(36-32)39-29-20-12-4-3-11-19(20)27(34-29)37-25;1-2-3-4-5/h1-16H,(H2,33,34,35,36,37,38,39,40);2-4H2,1,5H3. The monoisotopic (exact) mass is 602 g/mol. The summed E-state index contributed by atoms with van der Waals surface area (Å²) in [5.74, 6) is 2.39. The number of H-pyrrole nitrogens is 2. The molecule has 9 rings (SSSR count). The van der Waals surface area contributed by atoms with Gasteiger partial charge in [0.2, 0.25) is 0 Å². The third-order valence-electron chi connectivity index (χ3n) is 8.17. The first-order valence-corrected chi connectivity index (χ1v) is 16.8. The highest BCUT2D eigenvalue weighted by molar-refractivity contribution is 6.08. The maximum atomic E-state index is 5.02. The van der Waals surface area contributed by atoms with Crippen molar-refractivity contribution in [1.29, 1.82) is 0 Å². The molecule has 0 atom stereocenters. The SMILES string of the molecule is CCCC[SiH3].c1ccc2c(c1)-c1nc-2nc2[nH]c(nc3nc(nc4[nH]c(n1)c1ccccc41)-c1ccccc1-3)c1ccccc21. The fourth-order valence-electron chi connectivity index (χ4n) is 5.94. The second-order valence-corrected chi connectivity index (χ2v) is 12.1. The van der Waals surface area contributed by atoms with Crippen molar-refractivity contribution in [3.8, 4) is 45.6 Å². The molecule has 4 aromatic carbocycles. The van der Waals surface area contributed by atoms with Gasteiger partial charge in [0, 0.05) is 54.0 Å². The van der Waals surface area contributed by atoms with E-state index in [1.165, 1.54) is 29.1 Å². The lowest BCUT2D eigenvalue weighted by Crippen LogP contribution is -1.82. The molecule has 9 heteroatoms. The van der Waals surface area contributed by atoms with Gasteiger partial charge in [-0.05, 0) is 0 Å². The summed E-state index contributed by atoms with van der Waals surface area (Å²) in [4.78, 5) is 36.8. The molecule has 3 aromatic heterocycles. The van der Waals surface area contributed by atoms with Crippen LogP contribution >= 0.6 is 0 Å². The van der Waals surface area contributed by atoms with Crippen LogP contribution in [0.1, 0.15) is 19.8 Å². The fourth-order valence-corrected chi connectivity index (χ4v) is 6.65. The second-order valence-electron chi connectivity index (χ2n) is 11.1.